The van der Waals surface area contributed by atoms with Crippen LogP contribution in [0.2, 0.25) is 5.02 Å². The Labute approximate surface area is 223 Å². The predicted molar refractivity (Wildman–Crippen MR) is 142 cm³/mol. The monoisotopic (exact) mass is 537 g/mol. The Morgan fingerprint density at radius 3 is 2.76 bits per heavy atom. The third-order valence-corrected chi connectivity index (χ3v) is 6.90. The molecule has 0 unspecified atom stereocenters. The minimum absolute atomic E-state index is 0.208. The molecule has 0 saturated carbocycles. The maximum atomic E-state index is 13.3. The molecule has 0 spiro atoms. The van der Waals surface area contributed by atoms with Gasteiger partial charge in [-0.15, -0.1) is 0 Å². The first kappa shape index (κ1) is 25.8. The van der Waals surface area contributed by atoms with Crippen molar-refractivity contribution in [1.29, 1.82) is 0 Å². The number of aliphatic hydroxyl groups excluding tert-OH is 1. The summed E-state index contributed by atoms with van der Waals surface area (Å²) in [6.45, 7) is 2.70. The van der Waals surface area contributed by atoms with Crippen molar-refractivity contribution in [3.8, 4) is 11.3 Å². The molecule has 0 radical (unpaired) electrons. The minimum atomic E-state index is -0.867. The van der Waals surface area contributed by atoms with E-state index in [0.29, 0.717) is 35.4 Å². The van der Waals surface area contributed by atoms with E-state index in [1.807, 2.05) is 30.3 Å². The van der Waals surface area contributed by atoms with Gasteiger partial charge in [0.1, 0.15) is 17.9 Å². The number of anilines is 1. The lowest BCUT2D eigenvalue weighted by molar-refractivity contribution is -0.125. The SMILES string of the molecule is C[C@@H](C(=O)N[C@H](CO)c1ccccc1)n1cnn2cc(-c3nc(NC4CCOCC4)ncc3Cl)cc2c1=O. The van der Waals surface area contributed by atoms with Crippen LogP contribution in [0.5, 0.6) is 0 Å². The number of halogens is 1. The molecule has 198 valence electrons. The fourth-order valence-electron chi connectivity index (χ4n) is 4.41. The molecule has 4 heterocycles. The summed E-state index contributed by atoms with van der Waals surface area (Å²) >= 11 is 6.42. The van der Waals surface area contributed by atoms with Crippen LogP contribution in [0.15, 0.2) is 59.9 Å². The van der Waals surface area contributed by atoms with Crippen molar-refractivity contribution in [1.82, 2.24) is 29.5 Å². The summed E-state index contributed by atoms with van der Waals surface area (Å²) in [6.07, 6.45) is 6.22. The van der Waals surface area contributed by atoms with Crippen LogP contribution in [0.25, 0.3) is 16.8 Å². The predicted octanol–water partition coefficient (Wildman–Crippen LogP) is 2.61. The Morgan fingerprint density at radius 2 is 2.03 bits per heavy atom. The van der Waals surface area contributed by atoms with E-state index in [1.165, 1.54) is 21.6 Å². The molecule has 38 heavy (non-hydrogen) atoms. The smallest absolute Gasteiger partial charge is 0.278 e. The van der Waals surface area contributed by atoms with Gasteiger partial charge in [0.15, 0.2) is 0 Å². The molecule has 12 heteroatoms. The summed E-state index contributed by atoms with van der Waals surface area (Å²) in [5, 5.41) is 20.6. The lowest BCUT2D eigenvalue weighted by atomic mass is 10.1. The Kier molecular flexibility index (Phi) is 7.68. The van der Waals surface area contributed by atoms with Gasteiger partial charge in [0.25, 0.3) is 5.56 Å². The van der Waals surface area contributed by atoms with Crippen LogP contribution in [0.4, 0.5) is 5.95 Å². The molecule has 4 aromatic rings. The van der Waals surface area contributed by atoms with Gasteiger partial charge in [-0.05, 0) is 31.4 Å². The largest absolute Gasteiger partial charge is 0.394 e. The second kappa shape index (κ2) is 11.3. The number of benzene rings is 1. The number of rotatable bonds is 8. The maximum Gasteiger partial charge on any atom is 0.278 e. The molecule has 1 fully saturated rings. The Bertz CT molecular complexity index is 1480. The van der Waals surface area contributed by atoms with Crippen LogP contribution in [-0.4, -0.2) is 61.0 Å². The van der Waals surface area contributed by atoms with Crippen molar-refractivity contribution >= 4 is 29.0 Å². The zero-order valence-electron chi connectivity index (χ0n) is 20.7. The Balaban J connectivity index is 1.39. The molecule has 11 nitrogen and oxygen atoms in total. The van der Waals surface area contributed by atoms with Crippen molar-refractivity contribution in [2.45, 2.75) is 37.9 Å². The van der Waals surface area contributed by atoms with Crippen LogP contribution in [0, 0.1) is 0 Å². The number of nitrogens with one attached hydrogen (secondary N) is 2. The molecule has 1 aliphatic heterocycles. The second-order valence-electron chi connectivity index (χ2n) is 9.15. The van der Waals surface area contributed by atoms with Gasteiger partial charge in [-0.25, -0.2) is 14.5 Å². The number of amides is 1. The summed E-state index contributed by atoms with van der Waals surface area (Å²) < 4.78 is 8.09. The molecule has 3 aromatic heterocycles. The first-order chi connectivity index (χ1) is 18.4. The molecule has 1 amide bonds. The fraction of sp³-hybridized carbons (Fsp3) is 0.346. The number of fused-ring (bicyclic) bond motifs is 1. The highest BCUT2D eigenvalue weighted by Gasteiger charge is 2.23. The second-order valence-corrected chi connectivity index (χ2v) is 9.56. The van der Waals surface area contributed by atoms with E-state index >= 15 is 0 Å². The molecule has 5 rings (SSSR count). The average molecular weight is 538 g/mol. The highest BCUT2D eigenvalue weighted by atomic mass is 35.5. The average Bonchev–Trinajstić information content (AvgIpc) is 3.39. The van der Waals surface area contributed by atoms with Crippen molar-refractivity contribution in [2.75, 3.05) is 25.1 Å². The zero-order valence-corrected chi connectivity index (χ0v) is 21.5. The van der Waals surface area contributed by atoms with E-state index in [4.69, 9.17) is 16.3 Å². The van der Waals surface area contributed by atoms with Crippen LogP contribution in [-0.2, 0) is 9.53 Å². The molecule has 0 aliphatic carbocycles. The van der Waals surface area contributed by atoms with Gasteiger partial charge in [0, 0.05) is 31.0 Å². The van der Waals surface area contributed by atoms with Gasteiger partial charge in [-0.3, -0.25) is 14.2 Å². The quantitative estimate of drug-likeness (QED) is 0.312. The van der Waals surface area contributed by atoms with Crippen LogP contribution >= 0.6 is 11.6 Å². The van der Waals surface area contributed by atoms with Crippen molar-refractivity contribution in [2.24, 2.45) is 0 Å². The number of aliphatic hydroxyl groups is 1. The highest BCUT2D eigenvalue weighted by Crippen LogP contribution is 2.28. The van der Waals surface area contributed by atoms with Crippen LogP contribution in [0.3, 0.4) is 0 Å². The number of carbonyl (C=O) groups is 1. The normalized spacial score (nSPS) is 15.8. The fourth-order valence-corrected chi connectivity index (χ4v) is 4.61. The van der Waals surface area contributed by atoms with Gasteiger partial charge in [-0.2, -0.15) is 5.10 Å². The summed E-state index contributed by atoms with van der Waals surface area (Å²) in [5.41, 5.74) is 1.68. The molecule has 1 aliphatic rings. The van der Waals surface area contributed by atoms with Crippen molar-refractivity contribution in [3.05, 3.63) is 76.1 Å². The third kappa shape index (κ3) is 5.40. The molecule has 0 bridgehead atoms. The Hall–Kier alpha value is -3.80. The van der Waals surface area contributed by atoms with Crippen molar-refractivity contribution < 1.29 is 14.6 Å². The van der Waals surface area contributed by atoms with E-state index in [0.717, 1.165) is 18.4 Å². The van der Waals surface area contributed by atoms with Gasteiger partial charge >= 0.3 is 0 Å². The molecular weight excluding hydrogens is 510 g/mol. The number of ether oxygens (including phenoxy) is 1. The number of aromatic nitrogens is 5. The third-order valence-electron chi connectivity index (χ3n) is 6.62. The van der Waals surface area contributed by atoms with Gasteiger partial charge in [0.05, 0.1) is 29.6 Å². The first-order valence-corrected chi connectivity index (χ1v) is 12.7. The number of hydrogen-bond donors (Lipinski definition) is 3. The van der Waals surface area contributed by atoms with Gasteiger partial charge in [0.2, 0.25) is 11.9 Å². The Morgan fingerprint density at radius 1 is 1.26 bits per heavy atom. The highest BCUT2D eigenvalue weighted by molar-refractivity contribution is 6.32. The molecule has 1 saturated heterocycles. The summed E-state index contributed by atoms with van der Waals surface area (Å²) in [7, 11) is 0. The van der Waals surface area contributed by atoms with Crippen LogP contribution in [0.1, 0.15) is 37.4 Å². The lowest BCUT2D eigenvalue weighted by Gasteiger charge is -2.23. The number of hydrogen-bond acceptors (Lipinski definition) is 8. The summed E-state index contributed by atoms with van der Waals surface area (Å²) in [5.74, 6) is 0.0229. The van der Waals surface area contributed by atoms with Gasteiger partial charge < -0.3 is 20.5 Å². The molecule has 3 N–H and O–H groups in total. The van der Waals surface area contributed by atoms with Crippen LogP contribution < -0.4 is 16.2 Å². The van der Waals surface area contributed by atoms with E-state index < -0.39 is 23.6 Å². The van der Waals surface area contributed by atoms with E-state index in [9.17, 15) is 14.7 Å². The molecular formula is C26H28ClN7O4. The lowest BCUT2D eigenvalue weighted by Crippen LogP contribution is -2.39. The first-order valence-electron chi connectivity index (χ1n) is 12.4. The van der Waals surface area contributed by atoms with E-state index in [-0.39, 0.29) is 18.2 Å². The maximum absolute atomic E-state index is 13.3. The van der Waals surface area contributed by atoms with E-state index in [2.05, 4.69) is 25.7 Å². The summed E-state index contributed by atoms with van der Waals surface area (Å²) in [6, 6.07) is 9.53. The zero-order chi connectivity index (χ0) is 26.6. The standard InChI is InChI=1S/C26H28ClN7O4/c1-16(24(36)31-21(14-35)17-5-3-2-4-6-17)33-15-29-34-13-18(11-22(34)25(33)37)23-20(27)12-28-26(32-23)30-19-7-9-38-10-8-19/h2-6,11-13,15-16,19,21,35H,7-10,14H2,1H3,(H,31,36)(H,28,30,32)/t16-,21+/m0/s1. The summed E-state index contributed by atoms with van der Waals surface area (Å²) in [4.78, 5) is 35.2. The number of nitrogens with zero attached hydrogens (tertiary/aromatic N) is 5. The minimum Gasteiger partial charge on any atom is -0.394 e. The molecule has 2 atom stereocenters. The molecule has 1 aromatic carbocycles. The van der Waals surface area contributed by atoms with Crippen molar-refractivity contribution in [3.63, 3.8) is 0 Å². The van der Waals surface area contributed by atoms with E-state index in [1.54, 1.807) is 19.2 Å². The van der Waals surface area contributed by atoms with Gasteiger partial charge in [-0.1, -0.05) is 41.9 Å². The topological polar surface area (TPSA) is 136 Å². The number of carbonyl (C=O) groups excluding carboxylic acids is 1.